The molecule has 0 unspecified atom stereocenters. The topological polar surface area (TPSA) is 77.5 Å². The summed E-state index contributed by atoms with van der Waals surface area (Å²) < 4.78 is 9.98. The average Bonchev–Trinajstić information content (AvgIpc) is 2.65. The number of ether oxygens (including phenoxy) is 2. The number of halogens is 2. The van der Waals surface area contributed by atoms with Gasteiger partial charge in [0.1, 0.15) is 5.75 Å². The highest BCUT2D eigenvalue weighted by Gasteiger charge is 2.12. The number of benzene rings is 1. The Morgan fingerprint density at radius 1 is 1.31 bits per heavy atom. The van der Waals surface area contributed by atoms with Crippen molar-refractivity contribution in [1.82, 2.24) is 4.98 Å². The van der Waals surface area contributed by atoms with Gasteiger partial charge in [-0.15, -0.1) is 0 Å². The van der Waals surface area contributed by atoms with Gasteiger partial charge in [0.2, 0.25) is 0 Å². The van der Waals surface area contributed by atoms with E-state index in [1.54, 1.807) is 44.4 Å². The molecule has 0 aliphatic rings. The van der Waals surface area contributed by atoms with E-state index in [1.165, 1.54) is 12.3 Å². The number of nitrogens with zero attached hydrogens (tertiary/aromatic N) is 1. The maximum absolute atomic E-state index is 11.9. The van der Waals surface area contributed by atoms with E-state index >= 15 is 0 Å². The van der Waals surface area contributed by atoms with Crippen LogP contribution in [0.4, 0.5) is 5.82 Å². The lowest BCUT2D eigenvalue weighted by atomic mass is 10.2. The van der Waals surface area contributed by atoms with E-state index in [4.69, 9.17) is 32.7 Å². The maximum atomic E-state index is 11.9. The Morgan fingerprint density at radius 2 is 2.08 bits per heavy atom. The van der Waals surface area contributed by atoms with Crippen molar-refractivity contribution in [3.8, 4) is 5.75 Å². The van der Waals surface area contributed by atoms with Gasteiger partial charge in [-0.2, -0.15) is 0 Å². The minimum atomic E-state index is -0.658. The highest BCUT2D eigenvalue weighted by molar-refractivity contribution is 6.37. The molecule has 0 atom stereocenters. The van der Waals surface area contributed by atoms with Gasteiger partial charge in [-0.25, -0.2) is 9.78 Å². The summed E-state index contributed by atoms with van der Waals surface area (Å²) in [6.07, 6.45) is 4.16. The number of carbonyl (C=O) groups is 2. The van der Waals surface area contributed by atoms with Gasteiger partial charge >= 0.3 is 5.97 Å². The number of aromatic nitrogens is 1. The number of esters is 1. The number of anilines is 1. The van der Waals surface area contributed by atoms with E-state index in [0.29, 0.717) is 16.3 Å². The second-order valence-corrected chi connectivity index (χ2v) is 5.94. The van der Waals surface area contributed by atoms with Crippen LogP contribution in [0.1, 0.15) is 11.1 Å². The van der Waals surface area contributed by atoms with E-state index in [0.717, 1.165) is 5.56 Å². The van der Waals surface area contributed by atoms with Crippen molar-refractivity contribution >= 4 is 47.0 Å². The molecule has 6 nitrogen and oxygen atoms in total. The summed E-state index contributed by atoms with van der Waals surface area (Å²) >= 11 is 11.9. The van der Waals surface area contributed by atoms with Crippen LogP contribution in [0.3, 0.4) is 0 Å². The fourth-order valence-electron chi connectivity index (χ4n) is 1.91. The molecule has 0 radical (unpaired) electrons. The molecule has 0 saturated carbocycles. The molecule has 1 amide bonds. The van der Waals surface area contributed by atoms with Crippen molar-refractivity contribution in [3.05, 3.63) is 57.7 Å². The van der Waals surface area contributed by atoms with Crippen LogP contribution in [0.15, 0.2) is 36.5 Å². The molecule has 1 N–H and O–H groups in total. The van der Waals surface area contributed by atoms with Gasteiger partial charge < -0.3 is 14.8 Å². The predicted molar refractivity (Wildman–Crippen MR) is 101 cm³/mol. The van der Waals surface area contributed by atoms with Gasteiger partial charge in [-0.3, -0.25) is 4.79 Å². The average molecular weight is 395 g/mol. The molecule has 0 aliphatic carbocycles. The Balaban J connectivity index is 1.88. The second kappa shape index (κ2) is 9.22. The monoisotopic (exact) mass is 394 g/mol. The molecule has 26 heavy (non-hydrogen) atoms. The molecule has 0 fully saturated rings. The number of hydrogen-bond donors (Lipinski definition) is 1. The van der Waals surface area contributed by atoms with Gasteiger partial charge in [0.05, 0.1) is 17.2 Å². The molecule has 136 valence electrons. The molecule has 0 bridgehead atoms. The molecule has 1 aromatic carbocycles. The normalized spacial score (nSPS) is 10.6. The molecule has 2 aromatic rings. The Hall–Kier alpha value is -2.57. The zero-order valence-corrected chi connectivity index (χ0v) is 15.6. The highest BCUT2D eigenvalue weighted by Crippen LogP contribution is 2.28. The predicted octanol–water partition coefficient (Wildman–Crippen LogP) is 3.90. The minimum absolute atomic E-state index is 0.154. The number of carbonyl (C=O) groups excluding carboxylic acids is 2. The number of hydrogen-bond acceptors (Lipinski definition) is 5. The number of nitrogens with one attached hydrogen (secondary N) is 1. The largest absolute Gasteiger partial charge is 0.497 e. The molecule has 1 heterocycles. The number of rotatable bonds is 6. The molecule has 0 saturated heterocycles. The highest BCUT2D eigenvalue weighted by atomic mass is 35.5. The van der Waals surface area contributed by atoms with E-state index in [9.17, 15) is 9.59 Å². The molecule has 8 heteroatoms. The van der Waals surface area contributed by atoms with E-state index < -0.39 is 18.5 Å². The fraction of sp³-hybridized carbons (Fsp3) is 0.167. The maximum Gasteiger partial charge on any atom is 0.331 e. The lowest BCUT2D eigenvalue weighted by molar-refractivity contribution is -0.142. The van der Waals surface area contributed by atoms with Crippen LogP contribution in [0, 0.1) is 6.92 Å². The summed E-state index contributed by atoms with van der Waals surface area (Å²) in [6.45, 7) is 1.23. The SMILES string of the molecule is COc1cccc(/C=C/C(=O)OCC(=O)Nc2ncc(Cl)c(C)c2Cl)c1. The van der Waals surface area contributed by atoms with Crippen LogP contribution in [-0.2, 0) is 14.3 Å². The zero-order chi connectivity index (χ0) is 19.1. The lowest BCUT2D eigenvalue weighted by Gasteiger charge is -2.09. The fourth-order valence-corrected chi connectivity index (χ4v) is 2.30. The van der Waals surface area contributed by atoms with Crippen molar-refractivity contribution in [2.75, 3.05) is 19.0 Å². The molecular weight excluding hydrogens is 379 g/mol. The van der Waals surface area contributed by atoms with Crippen molar-refractivity contribution in [2.24, 2.45) is 0 Å². The molecular formula is C18H16Cl2N2O4. The Labute approximate surface area is 160 Å². The Kier molecular flexibility index (Phi) is 7.00. The Bertz CT molecular complexity index is 853. The number of methoxy groups -OCH3 is 1. The first-order valence-electron chi connectivity index (χ1n) is 7.50. The molecule has 2 rings (SSSR count). The summed E-state index contributed by atoms with van der Waals surface area (Å²) in [5.41, 5.74) is 1.36. The van der Waals surface area contributed by atoms with Crippen LogP contribution in [0.5, 0.6) is 5.75 Å². The molecule has 0 spiro atoms. The first-order chi connectivity index (χ1) is 12.4. The van der Waals surface area contributed by atoms with Crippen molar-refractivity contribution in [1.29, 1.82) is 0 Å². The first-order valence-corrected chi connectivity index (χ1v) is 8.25. The van der Waals surface area contributed by atoms with Crippen molar-refractivity contribution in [3.63, 3.8) is 0 Å². The molecule has 1 aromatic heterocycles. The van der Waals surface area contributed by atoms with Crippen molar-refractivity contribution < 1.29 is 19.1 Å². The summed E-state index contributed by atoms with van der Waals surface area (Å²) in [5, 5.41) is 3.09. The van der Waals surface area contributed by atoms with Crippen LogP contribution < -0.4 is 10.1 Å². The van der Waals surface area contributed by atoms with Gasteiger partial charge in [0.25, 0.3) is 5.91 Å². The van der Waals surface area contributed by atoms with E-state index in [2.05, 4.69) is 10.3 Å². The number of amides is 1. The van der Waals surface area contributed by atoms with Gasteiger partial charge in [-0.1, -0.05) is 35.3 Å². The van der Waals surface area contributed by atoms with Crippen molar-refractivity contribution in [2.45, 2.75) is 6.92 Å². The quantitative estimate of drug-likeness (QED) is 0.593. The van der Waals surface area contributed by atoms with Crippen LogP contribution in [0.2, 0.25) is 10.0 Å². The van der Waals surface area contributed by atoms with Crippen LogP contribution in [0.25, 0.3) is 6.08 Å². The third-order valence-corrected chi connectivity index (χ3v) is 4.15. The first kappa shape index (κ1) is 19.8. The van der Waals surface area contributed by atoms with Crippen LogP contribution in [-0.4, -0.2) is 30.6 Å². The van der Waals surface area contributed by atoms with Crippen LogP contribution >= 0.6 is 23.2 Å². The number of pyridine rings is 1. The minimum Gasteiger partial charge on any atom is -0.497 e. The third kappa shape index (κ3) is 5.47. The lowest BCUT2D eigenvalue weighted by Crippen LogP contribution is -2.21. The third-order valence-electron chi connectivity index (χ3n) is 3.31. The Morgan fingerprint density at radius 3 is 2.81 bits per heavy atom. The summed E-state index contributed by atoms with van der Waals surface area (Å²) in [5.74, 6) is -0.400. The molecule has 0 aliphatic heterocycles. The smallest absolute Gasteiger partial charge is 0.331 e. The second-order valence-electron chi connectivity index (χ2n) is 5.16. The summed E-state index contributed by atoms with van der Waals surface area (Å²) in [4.78, 5) is 27.5. The summed E-state index contributed by atoms with van der Waals surface area (Å²) in [7, 11) is 1.55. The summed E-state index contributed by atoms with van der Waals surface area (Å²) in [6, 6.07) is 7.14. The standard InChI is InChI=1S/C18H16Cl2N2O4/c1-11-14(19)9-21-18(17(11)20)22-15(23)10-26-16(24)7-6-12-4-3-5-13(8-12)25-2/h3-9H,10H2,1-2H3,(H,21,22,23)/b7-6+. The van der Waals surface area contributed by atoms with Gasteiger partial charge in [-0.05, 0) is 36.3 Å². The van der Waals surface area contributed by atoms with E-state index in [-0.39, 0.29) is 10.8 Å². The van der Waals surface area contributed by atoms with Gasteiger partial charge in [0.15, 0.2) is 12.4 Å². The van der Waals surface area contributed by atoms with Gasteiger partial charge in [0, 0.05) is 12.3 Å². The van der Waals surface area contributed by atoms with E-state index in [1.807, 2.05) is 0 Å². The zero-order valence-electron chi connectivity index (χ0n) is 14.1.